The molecule has 15 heavy (non-hydrogen) atoms. The summed E-state index contributed by atoms with van der Waals surface area (Å²) in [6.07, 6.45) is 4.95. The monoisotopic (exact) mass is 210 g/mol. The van der Waals surface area contributed by atoms with Gasteiger partial charge in [-0.05, 0) is 39.3 Å². The van der Waals surface area contributed by atoms with Gasteiger partial charge in [0, 0.05) is 19.6 Å². The Morgan fingerprint density at radius 2 is 2.13 bits per heavy atom. The van der Waals surface area contributed by atoms with Gasteiger partial charge in [0.15, 0.2) is 5.96 Å². The Balaban J connectivity index is 1.90. The number of nitrogens with two attached hydrogens (primary N) is 1. The van der Waals surface area contributed by atoms with Crippen LogP contribution in [0, 0.1) is 0 Å². The third kappa shape index (κ3) is 2.84. The van der Waals surface area contributed by atoms with Crippen molar-refractivity contribution in [2.45, 2.75) is 37.8 Å². The van der Waals surface area contributed by atoms with Crippen LogP contribution in [0.2, 0.25) is 0 Å². The highest BCUT2D eigenvalue weighted by atomic mass is 15.3. The SMILES string of the molecule is CN1CCCC(N(C)C(N)=NC2CC2)C1. The fraction of sp³-hybridized carbons (Fsp3) is 0.909. The number of aliphatic imine (C=N–C) groups is 1. The molecule has 2 rings (SSSR count). The summed E-state index contributed by atoms with van der Waals surface area (Å²) in [7, 11) is 4.25. The lowest BCUT2D eigenvalue weighted by Gasteiger charge is -2.36. The Kier molecular flexibility index (Phi) is 3.14. The maximum Gasteiger partial charge on any atom is 0.191 e. The Bertz CT molecular complexity index is 247. The zero-order chi connectivity index (χ0) is 10.8. The minimum Gasteiger partial charge on any atom is -0.370 e. The molecule has 1 unspecified atom stereocenters. The molecule has 1 saturated heterocycles. The van der Waals surface area contributed by atoms with E-state index in [1.54, 1.807) is 0 Å². The van der Waals surface area contributed by atoms with Gasteiger partial charge in [-0.15, -0.1) is 0 Å². The lowest BCUT2D eigenvalue weighted by atomic mass is 10.1. The van der Waals surface area contributed by atoms with Crippen molar-refractivity contribution in [1.29, 1.82) is 0 Å². The second-order valence-corrected chi connectivity index (χ2v) is 4.89. The molecule has 86 valence electrons. The first-order chi connectivity index (χ1) is 7.16. The van der Waals surface area contributed by atoms with Crippen LogP contribution in [0.4, 0.5) is 0 Å². The van der Waals surface area contributed by atoms with Crippen LogP contribution in [-0.4, -0.2) is 55.0 Å². The molecule has 1 saturated carbocycles. The van der Waals surface area contributed by atoms with E-state index in [0.717, 1.165) is 12.5 Å². The van der Waals surface area contributed by atoms with E-state index in [4.69, 9.17) is 5.73 Å². The molecule has 0 radical (unpaired) electrons. The van der Waals surface area contributed by atoms with Gasteiger partial charge in [-0.25, -0.2) is 4.99 Å². The summed E-state index contributed by atoms with van der Waals surface area (Å²) >= 11 is 0. The van der Waals surface area contributed by atoms with Gasteiger partial charge in [0.05, 0.1) is 6.04 Å². The van der Waals surface area contributed by atoms with Crippen LogP contribution >= 0.6 is 0 Å². The molecule has 1 aliphatic carbocycles. The first-order valence-electron chi connectivity index (χ1n) is 5.91. The molecule has 1 aliphatic heterocycles. The minimum atomic E-state index is 0.522. The van der Waals surface area contributed by atoms with Gasteiger partial charge in [-0.3, -0.25) is 0 Å². The van der Waals surface area contributed by atoms with Crippen LogP contribution in [0.1, 0.15) is 25.7 Å². The number of nitrogens with zero attached hydrogens (tertiary/aromatic N) is 3. The molecule has 0 aromatic heterocycles. The van der Waals surface area contributed by atoms with Gasteiger partial charge in [-0.1, -0.05) is 0 Å². The molecule has 0 bridgehead atoms. The highest BCUT2D eigenvalue weighted by Gasteiger charge is 2.25. The normalized spacial score (nSPS) is 29.2. The van der Waals surface area contributed by atoms with Gasteiger partial charge in [0.2, 0.25) is 0 Å². The second kappa shape index (κ2) is 4.39. The number of likely N-dealkylation sites (N-methyl/N-ethyl adjacent to an activating group) is 2. The third-order valence-electron chi connectivity index (χ3n) is 3.37. The van der Waals surface area contributed by atoms with Crippen molar-refractivity contribution in [3.8, 4) is 0 Å². The molecule has 0 amide bonds. The van der Waals surface area contributed by atoms with Gasteiger partial charge in [0.25, 0.3) is 0 Å². The van der Waals surface area contributed by atoms with Crippen molar-refractivity contribution >= 4 is 5.96 Å². The van der Waals surface area contributed by atoms with E-state index in [1.807, 2.05) is 0 Å². The Morgan fingerprint density at radius 3 is 2.73 bits per heavy atom. The zero-order valence-electron chi connectivity index (χ0n) is 9.82. The summed E-state index contributed by atoms with van der Waals surface area (Å²) in [6, 6.07) is 1.07. The predicted octanol–water partition coefficient (Wildman–Crippen LogP) is 0.490. The second-order valence-electron chi connectivity index (χ2n) is 4.89. The summed E-state index contributed by atoms with van der Waals surface area (Å²) in [4.78, 5) is 9.02. The number of rotatable bonds is 2. The van der Waals surface area contributed by atoms with E-state index < -0.39 is 0 Å². The highest BCUT2D eigenvalue weighted by molar-refractivity contribution is 5.78. The standard InChI is InChI=1S/C11H22N4/c1-14-7-3-4-10(8-14)15(2)11(12)13-9-5-6-9/h9-10H,3-8H2,1-2H3,(H2,12,13). The van der Waals surface area contributed by atoms with Crippen LogP contribution < -0.4 is 5.73 Å². The lowest BCUT2D eigenvalue weighted by molar-refractivity contribution is 0.180. The van der Waals surface area contributed by atoms with Crippen molar-refractivity contribution in [2.24, 2.45) is 10.7 Å². The number of hydrogen-bond acceptors (Lipinski definition) is 2. The zero-order valence-corrected chi connectivity index (χ0v) is 9.82. The molecular formula is C11H22N4. The first-order valence-corrected chi connectivity index (χ1v) is 5.91. The van der Waals surface area contributed by atoms with Crippen molar-refractivity contribution in [1.82, 2.24) is 9.80 Å². The van der Waals surface area contributed by atoms with Crippen LogP contribution in [0.5, 0.6) is 0 Å². The molecule has 2 fully saturated rings. The summed E-state index contributed by atoms with van der Waals surface area (Å²) < 4.78 is 0. The molecule has 2 aliphatic rings. The van der Waals surface area contributed by atoms with E-state index >= 15 is 0 Å². The third-order valence-corrected chi connectivity index (χ3v) is 3.37. The summed E-state index contributed by atoms with van der Waals surface area (Å²) in [5.74, 6) is 0.734. The molecule has 0 spiro atoms. The topological polar surface area (TPSA) is 44.9 Å². The first kappa shape index (κ1) is 10.7. The van der Waals surface area contributed by atoms with E-state index in [-0.39, 0.29) is 0 Å². The quantitative estimate of drug-likeness (QED) is 0.533. The van der Waals surface area contributed by atoms with Crippen molar-refractivity contribution < 1.29 is 0 Å². The Hall–Kier alpha value is -0.770. The molecule has 1 atom stereocenters. The van der Waals surface area contributed by atoms with E-state index in [1.165, 1.54) is 32.2 Å². The molecular weight excluding hydrogens is 188 g/mol. The smallest absolute Gasteiger partial charge is 0.191 e. The van der Waals surface area contributed by atoms with Crippen molar-refractivity contribution in [3.05, 3.63) is 0 Å². The highest BCUT2D eigenvalue weighted by Crippen LogP contribution is 2.24. The number of piperidine rings is 1. The van der Waals surface area contributed by atoms with E-state index in [0.29, 0.717) is 12.1 Å². The maximum atomic E-state index is 5.99. The van der Waals surface area contributed by atoms with E-state index in [2.05, 4.69) is 28.9 Å². The maximum absolute atomic E-state index is 5.99. The summed E-state index contributed by atoms with van der Waals surface area (Å²) in [6.45, 7) is 2.32. The predicted molar refractivity (Wildman–Crippen MR) is 62.9 cm³/mol. The largest absolute Gasteiger partial charge is 0.370 e. The molecule has 4 heteroatoms. The number of guanidine groups is 1. The fourth-order valence-electron chi connectivity index (χ4n) is 2.12. The van der Waals surface area contributed by atoms with Gasteiger partial charge >= 0.3 is 0 Å². The van der Waals surface area contributed by atoms with Crippen LogP contribution in [-0.2, 0) is 0 Å². The molecule has 0 aromatic rings. The van der Waals surface area contributed by atoms with Gasteiger partial charge in [-0.2, -0.15) is 0 Å². The fourth-order valence-corrected chi connectivity index (χ4v) is 2.12. The average molecular weight is 210 g/mol. The van der Waals surface area contributed by atoms with Crippen LogP contribution in [0.15, 0.2) is 4.99 Å². The summed E-state index contributed by atoms with van der Waals surface area (Å²) in [5.41, 5.74) is 5.99. The average Bonchev–Trinajstić information content (AvgIpc) is 3.00. The van der Waals surface area contributed by atoms with Crippen LogP contribution in [0.3, 0.4) is 0 Å². The van der Waals surface area contributed by atoms with Crippen molar-refractivity contribution in [3.63, 3.8) is 0 Å². The van der Waals surface area contributed by atoms with E-state index in [9.17, 15) is 0 Å². The van der Waals surface area contributed by atoms with Crippen molar-refractivity contribution in [2.75, 3.05) is 27.2 Å². The summed E-state index contributed by atoms with van der Waals surface area (Å²) in [5, 5.41) is 0. The Labute approximate surface area is 92.1 Å². The minimum absolute atomic E-state index is 0.522. The Morgan fingerprint density at radius 1 is 1.40 bits per heavy atom. The lowest BCUT2D eigenvalue weighted by Crippen LogP contribution is -2.49. The molecule has 1 heterocycles. The number of likely N-dealkylation sites (tertiary alicyclic amines) is 1. The van der Waals surface area contributed by atoms with Gasteiger partial charge < -0.3 is 15.5 Å². The van der Waals surface area contributed by atoms with Crippen LogP contribution in [0.25, 0.3) is 0 Å². The molecule has 0 aromatic carbocycles. The van der Waals surface area contributed by atoms with Gasteiger partial charge in [0.1, 0.15) is 0 Å². The molecule has 2 N–H and O–H groups in total. The number of hydrogen-bond donors (Lipinski definition) is 1. The molecule has 4 nitrogen and oxygen atoms in total.